The highest BCUT2D eigenvalue weighted by molar-refractivity contribution is 7.92. The summed E-state index contributed by atoms with van der Waals surface area (Å²) >= 11 is 6.29. The van der Waals surface area contributed by atoms with Gasteiger partial charge in [0.2, 0.25) is 21.8 Å². The van der Waals surface area contributed by atoms with Gasteiger partial charge in [-0.1, -0.05) is 90.7 Å². The molecule has 7 nitrogen and oxygen atoms in total. The molecule has 3 aromatic carbocycles. The molecule has 230 valence electrons. The van der Waals surface area contributed by atoms with Crippen molar-refractivity contribution < 1.29 is 18.0 Å². The van der Waals surface area contributed by atoms with Crippen LogP contribution in [0.5, 0.6) is 0 Å². The van der Waals surface area contributed by atoms with Crippen molar-refractivity contribution in [3.8, 4) is 0 Å². The summed E-state index contributed by atoms with van der Waals surface area (Å²) in [5.41, 5.74) is 4.16. The molecular weight excluding hydrogens is 582 g/mol. The molecule has 0 radical (unpaired) electrons. The molecule has 43 heavy (non-hydrogen) atoms. The summed E-state index contributed by atoms with van der Waals surface area (Å²) in [5.74, 6) is -0.345. The van der Waals surface area contributed by atoms with E-state index in [4.69, 9.17) is 11.6 Å². The fraction of sp³-hybridized carbons (Fsp3) is 0.412. The number of aryl methyl sites for hydroxylation is 1. The summed E-state index contributed by atoms with van der Waals surface area (Å²) in [6.45, 7) is 4.18. The molecule has 0 heterocycles. The second-order valence-corrected chi connectivity index (χ2v) is 13.8. The standard InChI is InChI=1S/C34H42ClN3O4S/c1-25-18-20-28(21-19-25)24-37(32(23-27-11-5-4-6-12-27)34(40)36-29-13-7-8-14-29)33(39)17-10-22-38(43(3,41)42)31-16-9-15-30(35)26(31)2/h4-6,9,11-12,15-16,18-21,29,32H,7-8,10,13-14,17,22-24H2,1-3H3,(H,36,40)/t32-/m1/s1. The Bertz CT molecular complexity index is 1490. The van der Waals surface area contributed by atoms with Crippen LogP contribution < -0.4 is 9.62 Å². The van der Waals surface area contributed by atoms with E-state index in [9.17, 15) is 18.0 Å². The minimum absolute atomic E-state index is 0.0828. The van der Waals surface area contributed by atoms with Crippen LogP contribution in [0, 0.1) is 13.8 Å². The number of benzene rings is 3. The Morgan fingerprint density at radius 2 is 1.60 bits per heavy atom. The lowest BCUT2D eigenvalue weighted by atomic mass is 10.0. The van der Waals surface area contributed by atoms with Crippen LogP contribution >= 0.6 is 11.6 Å². The van der Waals surface area contributed by atoms with Crippen LogP contribution in [0.15, 0.2) is 72.8 Å². The van der Waals surface area contributed by atoms with Gasteiger partial charge in [0, 0.05) is 37.0 Å². The van der Waals surface area contributed by atoms with Crippen LogP contribution in [-0.2, 0) is 32.6 Å². The molecule has 1 aliphatic carbocycles. The fourth-order valence-electron chi connectivity index (χ4n) is 5.66. The molecule has 0 aliphatic heterocycles. The molecule has 9 heteroatoms. The first-order valence-electron chi connectivity index (χ1n) is 14.9. The number of carbonyl (C=O) groups excluding carboxylic acids is 2. The van der Waals surface area contributed by atoms with Gasteiger partial charge in [-0.15, -0.1) is 0 Å². The van der Waals surface area contributed by atoms with E-state index in [-0.39, 0.29) is 43.8 Å². The number of hydrogen-bond donors (Lipinski definition) is 1. The van der Waals surface area contributed by atoms with Crippen molar-refractivity contribution in [1.29, 1.82) is 0 Å². The predicted octanol–water partition coefficient (Wildman–Crippen LogP) is 6.20. The summed E-state index contributed by atoms with van der Waals surface area (Å²) in [6, 6.07) is 22.3. The van der Waals surface area contributed by atoms with E-state index in [1.807, 2.05) is 61.5 Å². The summed E-state index contributed by atoms with van der Waals surface area (Å²) in [7, 11) is -3.63. The Kier molecular flexibility index (Phi) is 11.3. The molecule has 3 aromatic rings. The number of hydrogen-bond acceptors (Lipinski definition) is 4. The fourth-order valence-corrected chi connectivity index (χ4v) is 6.85. The van der Waals surface area contributed by atoms with E-state index in [0.717, 1.165) is 48.6 Å². The lowest BCUT2D eigenvalue weighted by Gasteiger charge is -2.33. The van der Waals surface area contributed by atoms with Gasteiger partial charge in [-0.05, 0) is 61.9 Å². The van der Waals surface area contributed by atoms with Gasteiger partial charge in [0.05, 0.1) is 11.9 Å². The van der Waals surface area contributed by atoms with E-state index in [2.05, 4.69) is 5.32 Å². The molecule has 1 fully saturated rings. The van der Waals surface area contributed by atoms with Crippen molar-refractivity contribution in [1.82, 2.24) is 10.2 Å². The van der Waals surface area contributed by atoms with E-state index in [0.29, 0.717) is 22.7 Å². The quantitative estimate of drug-likeness (QED) is 0.246. The number of sulfonamides is 1. The van der Waals surface area contributed by atoms with Crippen molar-refractivity contribution in [2.24, 2.45) is 0 Å². The van der Waals surface area contributed by atoms with Crippen LogP contribution in [0.1, 0.15) is 60.8 Å². The molecule has 2 amide bonds. The van der Waals surface area contributed by atoms with Gasteiger partial charge in [0.1, 0.15) is 6.04 Å². The maximum atomic E-state index is 14.0. The molecule has 1 N–H and O–H groups in total. The van der Waals surface area contributed by atoms with Gasteiger partial charge >= 0.3 is 0 Å². The zero-order valence-electron chi connectivity index (χ0n) is 25.3. The summed E-state index contributed by atoms with van der Waals surface area (Å²) in [4.78, 5) is 29.6. The van der Waals surface area contributed by atoms with Crippen LogP contribution in [0.4, 0.5) is 5.69 Å². The Labute approximate surface area is 261 Å². The van der Waals surface area contributed by atoms with Gasteiger partial charge in [0.15, 0.2) is 0 Å². The molecule has 0 saturated heterocycles. The molecule has 1 aliphatic rings. The van der Waals surface area contributed by atoms with Crippen LogP contribution in [0.2, 0.25) is 5.02 Å². The van der Waals surface area contributed by atoms with Crippen LogP contribution in [-0.4, -0.2) is 50.0 Å². The second kappa shape index (κ2) is 14.9. The third-order valence-electron chi connectivity index (χ3n) is 8.11. The topological polar surface area (TPSA) is 86.8 Å². The maximum Gasteiger partial charge on any atom is 0.243 e. The molecule has 1 saturated carbocycles. The minimum Gasteiger partial charge on any atom is -0.352 e. The van der Waals surface area contributed by atoms with Crippen molar-refractivity contribution in [2.75, 3.05) is 17.1 Å². The second-order valence-electron chi connectivity index (χ2n) is 11.5. The number of carbonyl (C=O) groups is 2. The predicted molar refractivity (Wildman–Crippen MR) is 174 cm³/mol. The first-order chi connectivity index (χ1) is 20.5. The lowest BCUT2D eigenvalue weighted by Crippen LogP contribution is -2.52. The first kappa shape index (κ1) is 32.6. The smallest absolute Gasteiger partial charge is 0.243 e. The largest absolute Gasteiger partial charge is 0.352 e. The Morgan fingerprint density at radius 3 is 2.26 bits per heavy atom. The normalized spacial score (nSPS) is 14.3. The maximum absolute atomic E-state index is 14.0. The van der Waals surface area contributed by atoms with E-state index in [1.54, 1.807) is 30.0 Å². The minimum atomic E-state index is -3.63. The zero-order valence-corrected chi connectivity index (χ0v) is 26.8. The van der Waals surface area contributed by atoms with Gasteiger partial charge in [-0.25, -0.2) is 8.42 Å². The third kappa shape index (κ3) is 9.07. The number of nitrogens with zero attached hydrogens (tertiary/aromatic N) is 2. The van der Waals surface area contributed by atoms with E-state index in [1.165, 1.54) is 4.31 Å². The van der Waals surface area contributed by atoms with Gasteiger partial charge in [-0.3, -0.25) is 13.9 Å². The average Bonchev–Trinajstić information content (AvgIpc) is 3.48. The van der Waals surface area contributed by atoms with E-state index < -0.39 is 16.1 Å². The van der Waals surface area contributed by atoms with Gasteiger partial charge in [0.25, 0.3) is 0 Å². The molecule has 0 aromatic heterocycles. The third-order valence-corrected chi connectivity index (χ3v) is 9.70. The van der Waals surface area contributed by atoms with E-state index >= 15 is 0 Å². The number of amides is 2. The molecule has 0 unspecified atom stereocenters. The van der Waals surface area contributed by atoms with Gasteiger partial charge in [-0.2, -0.15) is 0 Å². The molecule has 0 spiro atoms. The van der Waals surface area contributed by atoms with Crippen LogP contribution in [0.3, 0.4) is 0 Å². The Morgan fingerprint density at radius 1 is 0.930 bits per heavy atom. The first-order valence-corrected chi connectivity index (χ1v) is 17.2. The van der Waals surface area contributed by atoms with Crippen molar-refractivity contribution in [3.05, 3.63) is 100 Å². The number of halogens is 1. The highest BCUT2D eigenvalue weighted by Gasteiger charge is 2.32. The zero-order chi connectivity index (χ0) is 31.0. The number of anilines is 1. The molecular formula is C34H42ClN3O4S. The van der Waals surface area contributed by atoms with Gasteiger partial charge < -0.3 is 10.2 Å². The molecule has 0 bridgehead atoms. The highest BCUT2D eigenvalue weighted by atomic mass is 35.5. The Balaban J connectivity index is 1.59. The van der Waals surface area contributed by atoms with Crippen LogP contribution in [0.25, 0.3) is 0 Å². The SMILES string of the molecule is Cc1ccc(CN(C(=O)CCCN(c2cccc(Cl)c2C)S(C)(=O)=O)[C@H](Cc2ccccc2)C(=O)NC2CCCC2)cc1. The molecule has 1 atom stereocenters. The summed E-state index contributed by atoms with van der Waals surface area (Å²) in [5, 5.41) is 3.70. The summed E-state index contributed by atoms with van der Waals surface area (Å²) < 4.78 is 26.9. The lowest BCUT2D eigenvalue weighted by molar-refractivity contribution is -0.141. The monoisotopic (exact) mass is 623 g/mol. The van der Waals surface area contributed by atoms with Crippen molar-refractivity contribution in [3.63, 3.8) is 0 Å². The summed E-state index contributed by atoms with van der Waals surface area (Å²) in [6.07, 6.45) is 5.97. The average molecular weight is 624 g/mol. The highest BCUT2D eigenvalue weighted by Crippen LogP contribution is 2.29. The Hall–Kier alpha value is -3.36. The molecule has 4 rings (SSSR count). The number of rotatable bonds is 13. The van der Waals surface area contributed by atoms with Crippen molar-refractivity contribution >= 4 is 39.1 Å². The number of nitrogens with one attached hydrogen (secondary N) is 1. The van der Waals surface area contributed by atoms with Crippen molar-refractivity contribution in [2.45, 2.75) is 77.4 Å².